The Balaban J connectivity index is 2.19. The maximum Gasteiger partial charge on any atom is 0.0920 e. The Labute approximate surface area is 118 Å². The Morgan fingerprint density at radius 2 is 1.74 bits per heavy atom. The first-order chi connectivity index (χ1) is 9.15. The minimum Gasteiger partial charge on any atom is -0.388 e. The number of aryl methyl sites for hydroxylation is 1. The lowest BCUT2D eigenvalue weighted by atomic mass is 10.1. The zero-order valence-electron chi connectivity index (χ0n) is 11.0. The Kier molecular flexibility index (Phi) is 4.63. The van der Waals surface area contributed by atoms with Gasteiger partial charge in [0, 0.05) is 16.6 Å². The maximum absolute atomic E-state index is 7.54. The van der Waals surface area contributed by atoms with Gasteiger partial charge in [0.15, 0.2) is 0 Å². The molecule has 1 unspecified atom stereocenters. The molecule has 0 saturated heterocycles. The van der Waals surface area contributed by atoms with Gasteiger partial charge in [0.2, 0.25) is 0 Å². The predicted molar refractivity (Wildman–Crippen MR) is 82.8 cm³/mol. The van der Waals surface area contributed by atoms with E-state index >= 15 is 0 Å². The molecule has 0 aromatic heterocycles. The third-order valence-electron chi connectivity index (χ3n) is 2.88. The fraction of sp³-hybridized carbons (Fsp3) is 0.188. The molecule has 2 rings (SSSR count). The molecular formula is C16H18N2S. The first-order valence-electron chi connectivity index (χ1n) is 6.26. The SMILES string of the molecule is Cc1ccc(SC(CC(=N)N)c2ccccc2)cc1. The molecule has 3 N–H and O–H groups in total. The van der Waals surface area contributed by atoms with E-state index in [1.165, 1.54) is 16.0 Å². The molecule has 2 aromatic rings. The lowest BCUT2D eigenvalue weighted by Gasteiger charge is -2.16. The summed E-state index contributed by atoms with van der Waals surface area (Å²) < 4.78 is 0. The fourth-order valence-corrected chi connectivity index (χ4v) is 3.05. The molecule has 2 aromatic carbocycles. The molecule has 0 saturated carbocycles. The number of amidine groups is 1. The summed E-state index contributed by atoms with van der Waals surface area (Å²) in [5.74, 6) is 0.230. The third-order valence-corrected chi connectivity index (χ3v) is 4.14. The molecule has 0 aliphatic carbocycles. The average molecular weight is 270 g/mol. The van der Waals surface area contributed by atoms with Crippen molar-refractivity contribution in [3.63, 3.8) is 0 Å². The van der Waals surface area contributed by atoms with Crippen LogP contribution in [-0.4, -0.2) is 5.84 Å². The standard InChI is InChI=1S/C16H18N2S/c1-12-7-9-14(10-8-12)19-15(11-16(17)18)13-5-3-2-4-6-13/h2-10,15H,11H2,1H3,(H3,17,18). The van der Waals surface area contributed by atoms with Crippen LogP contribution in [0, 0.1) is 12.3 Å². The molecule has 0 radical (unpaired) electrons. The normalized spacial score (nSPS) is 12.1. The average Bonchev–Trinajstić information content (AvgIpc) is 2.41. The maximum atomic E-state index is 7.54. The fourth-order valence-electron chi connectivity index (χ4n) is 1.88. The number of thioether (sulfide) groups is 1. The van der Waals surface area contributed by atoms with Crippen LogP contribution in [0.5, 0.6) is 0 Å². The first-order valence-corrected chi connectivity index (χ1v) is 7.14. The van der Waals surface area contributed by atoms with E-state index in [1.54, 1.807) is 11.8 Å². The van der Waals surface area contributed by atoms with Crippen molar-refractivity contribution >= 4 is 17.6 Å². The second-order valence-corrected chi connectivity index (χ2v) is 5.84. The highest BCUT2D eigenvalue weighted by Gasteiger charge is 2.14. The monoisotopic (exact) mass is 270 g/mol. The summed E-state index contributed by atoms with van der Waals surface area (Å²) >= 11 is 1.76. The Morgan fingerprint density at radius 1 is 1.11 bits per heavy atom. The number of hydrogen-bond acceptors (Lipinski definition) is 2. The molecule has 0 heterocycles. The number of hydrogen-bond donors (Lipinski definition) is 2. The van der Waals surface area contributed by atoms with Gasteiger partial charge in [-0.2, -0.15) is 0 Å². The van der Waals surface area contributed by atoms with E-state index < -0.39 is 0 Å². The van der Waals surface area contributed by atoms with Crippen molar-refractivity contribution in [2.24, 2.45) is 5.73 Å². The highest BCUT2D eigenvalue weighted by atomic mass is 32.2. The van der Waals surface area contributed by atoms with Crippen LogP contribution < -0.4 is 5.73 Å². The van der Waals surface area contributed by atoms with Crippen LogP contribution in [0.3, 0.4) is 0 Å². The minimum atomic E-state index is 0.196. The number of nitrogens with one attached hydrogen (secondary N) is 1. The van der Waals surface area contributed by atoms with Crippen molar-refractivity contribution in [2.45, 2.75) is 23.5 Å². The molecule has 0 spiro atoms. The van der Waals surface area contributed by atoms with Crippen molar-refractivity contribution in [2.75, 3.05) is 0 Å². The second-order valence-electron chi connectivity index (χ2n) is 4.56. The number of rotatable bonds is 5. The van der Waals surface area contributed by atoms with Gasteiger partial charge in [0.05, 0.1) is 5.84 Å². The Hall–Kier alpha value is -1.74. The Morgan fingerprint density at radius 3 is 2.32 bits per heavy atom. The lowest BCUT2D eigenvalue weighted by Crippen LogP contribution is -2.13. The summed E-state index contributed by atoms with van der Waals surface area (Å²) in [7, 11) is 0. The van der Waals surface area contributed by atoms with Crippen LogP contribution in [-0.2, 0) is 0 Å². The van der Waals surface area contributed by atoms with E-state index in [2.05, 4.69) is 43.3 Å². The van der Waals surface area contributed by atoms with Gasteiger partial charge in [-0.05, 0) is 24.6 Å². The summed E-state index contributed by atoms with van der Waals surface area (Å²) in [5.41, 5.74) is 8.05. The van der Waals surface area contributed by atoms with Crippen LogP contribution in [0.25, 0.3) is 0 Å². The van der Waals surface area contributed by atoms with E-state index in [4.69, 9.17) is 11.1 Å². The summed E-state index contributed by atoms with van der Waals surface area (Å²) in [4.78, 5) is 1.21. The van der Waals surface area contributed by atoms with Crippen molar-refractivity contribution in [1.82, 2.24) is 0 Å². The zero-order valence-corrected chi connectivity index (χ0v) is 11.8. The number of nitrogens with two attached hydrogens (primary N) is 1. The third kappa shape index (κ3) is 4.14. The van der Waals surface area contributed by atoms with Crippen molar-refractivity contribution in [3.05, 3.63) is 65.7 Å². The molecule has 3 heteroatoms. The molecule has 19 heavy (non-hydrogen) atoms. The summed E-state index contributed by atoms with van der Waals surface area (Å²) in [5, 5.41) is 7.73. The molecule has 1 atom stereocenters. The molecule has 0 bridgehead atoms. The van der Waals surface area contributed by atoms with E-state index in [1.807, 2.05) is 18.2 Å². The first kappa shape index (κ1) is 13.7. The molecule has 98 valence electrons. The largest absolute Gasteiger partial charge is 0.388 e. The predicted octanol–water partition coefficient (Wildman–Crippen LogP) is 4.15. The van der Waals surface area contributed by atoms with Crippen molar-refractivity contribution in [3.8, 4) is 0 Å². The second kappa shape index (κ2) is 6.43. The smallest absolute Gasteiger partial charge is 0.0920 e. The van der Waals surface area contributed by atoms with E-state index in [0.717, 1.165) is 0 Å². The molecule has 0 aliphatic rings. The van der Waals surface area contributed by atoms with Gasteiger partial charge in [-0.3, -0.25) is 5.41 Å². The molecule has 0 amide bonds. The van der Waals surface area contributed by atoms with Gasteiger partial charge < -0.3 is 5.73 Å². The molecule has 2 nitrogen and oxygen atoms in total. The van der Waals surface area contributed by atoms with Gasteiger partial charge in [-0.15, -0.1) is 11.8 Å². The van der Waals surface area contributed by atoms with Crippen LogP contribution in [0.15, 0.2) is 59.5 Å². The van der Waals surface area contributed by atoms with Gasteiger partial charge in [-0.1, -0.05) is 48.0 Å². The van der Waals surface area contributed by atoms with Crippen LogP contribution in [0.1, 0.15) is 22.8 Å². The Bertz CT molecular complexity index is 534. The van der Waals surface area contributed by atoms with Crippen LogP contribution in [0.4, 0.5) is 0 Å². The van der Waals surface area contributed by atoms with Crippen LogP contribution >= 0.6 is 11.8 Å². The summed E-state index contributed by atoms with van der Waals surface area (Å²) in [6, 6.07) is 18.7. The van der Waals surface area contributed by atoms with Gasteiger partial charge >= 0.3 is 0 Å². The zero-order chi connectivity index (χ0) is 13.7. The van der Waals surface area contributed by atoms with E-state index in [0.29, 0.717) is 6.42 Å². The quantitative estimate of drug-likeness (QED) is 0.487. The highest BCUT2D eigenvalue weighted by molar-refractivity contribution is 7.99. The van der Waals surface area contributed by atoms with Gasteiger partial charge in [-0.25, -0.2) is 0 Å². The van der Waals surface area contributed by atoms with Crippen molar-refractivity contribution in [1.29, 1.82) is 5.41 Å². The topological polar surface area (TPSA) is 49.9 Å². The summed E-state index contributed by atoms with van der Waals surface area (Å²) in [6.07, 6.45) is 0.572. The van der Waals surface area contributed by atoms with Crippen molar-refractivity contribution < 1.29 is 0 Å². The van der Waals surface area contributed by atoms with E-state index in [9.17, 15) is 0 Å². The van der Waals surface area contributed by atoms with Gasteiger partial charge in [0.1, 0.15) is 0 Å². The molecule has 0 aliphatic heterocycles. The highest BCUT2D eigenvalue weighted by Crippen LogP contribution is 2.37. The lowest BCUT2D eigenvalue weighted by molar-refractivity contribution is 0.985. The minimum absolute atomic E-state index is 0.196. The van der Waals surface area contributed by atoms with E-state index in [-0.39, 0.29) is 11.1 Å². The van der Waals surface area contributed by atoms with Crippen LogP contribution in [0.2, 0.25) is 0 Å². The summed E-state index contributed by atoms with van der Waals surface area (Å²) in [6.45, 7) is 2.08. The van der Waals surface area contributed by atoms with Gasteiger partial charge in [0.25, 0.3) is 0 Å². The molecular weight excluding hydrogens is 252 g/mol. The molecule has 0 fully saturated rings. The number of benzene rings is 2.